The second kappa shape index (κ2) is 24.2. The zero-order chi connectivity index (χ0) is 38.6. The van der Waals surface area contributed by atoms with E-state index >= 15 is 0 Å². The molecule has 0 saturated carbocycles. The van der Waals surface area contributed by atoms with E-state index in [4.69, 9.17) is 42.6 Å². The molecule has 0 aromatic heterocycles. The zero-order valence-electron chi connectivity index (χ0n) is 29.1. The fraction of sp³-hybridized carbons (Fsp3) is 0.263. The van der Waals surface area contributed by atoms with Crippen molar-refractivity contribution < 1.29 is 46.8 Å². The van der Waals surface area contributed by atoms with E-state index in [0.29, 0.717) is 23.0 Å². The molecular weight excluding hydrogens is 706 g/mol. The first-order valence-corrected chi connectivity index (χ1v) is 14.8. The number of nitrogen functional groups attached to an aromatic ring is 1. The first-order valence-electron chi connectivity index (χ1n) is 14.8. The standard InChI is InChI=1S/C18H18FN3O4.C10H11NO3.C8H7FN2O.2CH4/c1-20-14-8-13(19)17(26-4)9-15(14)22-18(23)21-10-11-5-6-12(24-2)7-16(11)25-3;1-13-9-4-3-8(6-11-7-12)10(5-9)14-2;1-11-7-3-5(9)8(12-2)4-6(7)10;;/h5-9H,10H2,2-4H3,(H2,21,22,23);3-5H,6H2,1-2H3;3-4H,10H2,2H3;2*1H4. The van der Waals surface area contributed by atoms with Gasteiger partial charge in [-0.3, -0.25) is 0 Å². The Morgan fingerprint density at radius 2 is 1.20 bits per heavy atom. The van der Waals surface area contributed by atoms with Gasteiger partial charge in [-0.2, -0.15) is 0 Å². The minimum absolute atomic E-state index is 0. The highest BCUT2D eigenvalue weighted by Gasteiger charge is 2.14. The summed E-state index contributed by atoms with van der Waals surface area (Å²) in [5, 5.41) is 5.17. The largest absolute Gasteiger partial charge is 0.497 e. The molecule has 4 aromatic carbocycles. The predicted octanol–water partition coefficient (Wildman–Crippen LogP) is 8.50. The molecule has 16 heteroatoms. The minimum atomic E-state index is -0.674. The average molecular weight is 751 g/mol. The molecule has 0 bridgehead atoms. The van der Waals surface area contributed by atoms with E-state index in [1.54, 1.807) is 57.7 Å². The zero-order valence-corrected chi connectivity index (χ0v) is 29.1. The Balaban J connectivity index is 0.000000848. The number of carbonyl (C=O) groups is 1. The molecule has 4 N–H and O–H groups in total. The normalized spacial score (nSPS) is 9.07. The van der Waals surface area contributed by atoms with Crippen molar-refractivity contribution in [3.8, 4) is 34.5 Å². The summed E-state index contributed by atoms with van der Waals surface area (Å²) >= 11 is 0. The molecular formula is C38H44F2N6O8. The lowest BCUT2D eigenvalue weighted by Gasteiger charge is -2.13. The number of nitrogens with zero attached hydrogens (tertiary/aromatic N) is 3. The van der Waals surface area contributed by atoms with E-state index in [1.807, 2.05) is 0 Å². The van der Waals surface area contributed by atoms with E-state index in [0.717, 1.165) is 23.3 Å². The molecule has 4 aromatic rings. The summed E-state index contributed by atoms with van der Waals surface area (Å²) in [7, 11) is 8.85. The number of methoxy groups -OCH3 is 6. The van der Waals surface area contributed by atoms with Crippen molar-refractivity contribution in [1.82, 2.24) is 5.32 Å². The number of amides is 2. The first kappa shape index (κ1) is 47.0. The molecule has 0 saturated heterocycles. The van der Waals surface area contributed by atoms with E-state index in [2.05, 4.69) is 30.1 Å². The van der Waals surface area contributed by atoms with Crippen LogP contribution in [0.4, 0.5) is 36.3 Å². The van der Waals surface area contributed by atoms with Crippen molar-refractivity contribution in [1.29, 1.82) is 0 Å². The molecule has 288 valence electrons. The summed E-state index contributed by atoms with van der Waals surface area (Å²) in [6.45, 7) is 14.2. The SMILES string of the molecule is C.C.COc1ccc(CN=C=O)c(OC)c1.[C-]#[N+]c1cc(F)c(OC)cc1N.[C-]#[N+]c1cc(F)c(OC)cc1NC(=O)NCc1ccc(OC)cc1OC. The lowest BCUT2D eigenvalue weighted by molar-refractivity contribution is 0.251. The van der Waals surface area contributed by atoms with Gasteiger partial charge >= 0.3 is 6.03 Å². The number of halogens is 2. The van der Waals surface area contributed by atoms with Crippen molar-refractivity contribution in [2.24, 2.45) is 4.99 Å². The number of isocyanates is 1. The highest BCUT2D eigenvalue weighted by molar-refractivity contribution is 5.93. The van der Waals surface area contributed by atoms with Crippen molar-refractivity contribution in [2.45, 2.75) is 27.9 Å². The maximum atomic E-state index is 13.6. The number of rotatable bonds is 11. The van der Waals surface area contributed by atoms with Gasteiger partial charge in [-0.05, 0) is 48.5 Å². The summed E-state index contributed by atoms with van der Waals surface area (Å²) in [6, 6.07) is 14.6. The number of carbonyl (C=O) groups excluding carboxylic acids is 2. The summed E-state index contributed by atoms with van der Waals surface area (Å²) in [5.74, 6) is 1.31. The Morgan fingerprint density at radius 1 is 0.722 bits per heavy atom. The third kappa shape index (κ3) is 13.6. The van der Waals surface area contributed by atoms with E-state index in [-0.39, 0.29) is 62.2 Å². The number of anilines is 2. The Bertz CT molecular complexity index is 1970. The molecule has 0 heterocycles. The first-order chi connectivity index (χ1) is 25.0. The van der Waals surface area contributed by atoms with Crippen molar-refractivity contribution in [3.63, 3.8) is 0 Å². The van der Waals surface area contributed by atoms with Crippen LogP contribution in [0.25, 0.3) is 9.69 Å². The molecule has 0 aliphatic heterocycles. The topological polar surface area (TPSA) is 161 Å². The number of benzene rings is 4. The third-order valence-electron chi connectivity index (χ3n) is 6.80. The number of aliphatic imine (C=N–C) groups is 1. The molecule has 2 amide bonds. The molecule has 0 atom stereocenters. The van der Waals surface area contributed by atoms with E-state index < -0.39 is 17.7 Å². The number of hydrogen-bond acceptors (Lipinski definition) is 10. The molecule has 0 fully saturated rings. The second-order valence-electron chi connectivity index (χ2n) is 9.84. The van der Waals surface area contributed by atoms with Crippen molar-refractivity contribution >= 4 is 34.9 Å². The number of urea groups is 1. The summed E-state index contributed by atoms with van der Waals surface area (Å²) in [5.41, 5.74) is 7.44. The van der Waals surface area contributed by atoms with Crippen LogP contribution in [0.15, 0.2) is 65.7 Å². The fourth-order valence-corrected chi connectivity index (χ4v) is 4.14. The number of hydrogen-bond donors (Lipinski definition) is 3. The Labute approximate surface area is 314 Å². The van der Waals surface area contributed by atoms with Gasteiger partial charge in [0.15, 0.2) is 23.1 Å². The number of ether oxygens (including phenoxy) is 6. The molecule has 0 unspecified atom stereocenters. The van der Waals surface area contributed by atoms with Gasteiger partial charge in [0.05, 0.1) is 68.0 Å². The molecule has 0 aliphatic carbocycles. The summed E-state index contributed by atoms with van der Waals surface area (Å²) < 4.78 is 56.6. The highest BCUT2D eigenvalue weighted by Crippen LogP contribution is 2.33. The minimum Gasteiger partial charge on any atom is -0.497 e. The smallest absolute Gasteiger partial charge is 0.318 e. The van der Waals surface area contributed by atoms with E-state index in [9.17, 15) is 18.4 Å². The average Bonchev–Trinajstić information content (AvgIpc) is 3.17. The van der Waals surface area contributed by atoms with Crippen LogP contribution in [0, 0.1) is 24.8 Å². The van der Waals surface area contributed by atoms with Crippen molar-refractivity contribution in [2.75, 3.05) is 53.7 Å². The lowest BCUT2D eigenvalue weighted by Crippen LogP contribution is -2.28. The van der Waals surface area contributed by atoms with Crippen LogP contribution in [0.1, 0.15) is 26.0 Å². The number of nitrogens with two attached hydrogens (primary N) is 1. The van der Waals surface area contributed by atoms with Gasteiger partial charge in [0, 0.05) is 35.5 Å². The van der Waals surface area contributed by atoms with Crippen LogP contribution in [-0.4, -0.2) is 54.8 Å². The van der Waals surface area contributed by atoms with Gasteiger partial charge in [-0.15, -0.1) is 0 Å². The molecule has 14 nitrogen and oxygen atoms in total. The molecule has 0 aliphatic rings. The van der Waals surface area contributed by atoms with Crippen LogP contribution in [-0.2, 0) is 17.9 Å². The lowest BCUT2D eigenvalue weighted by atomic mass is 10.2. The maximum absolute atomic E-state index is 13.6. The number of nitrogens with one attached hydrogen (secondary N) is 2. The molecule has 54 heavy (non-hydrogen) atoms. The molecule has 4 rings (SSSR count). The van der Waals surface area contributed by atoms with E-state index in [1.165, 1.54) is 39.5 Å². The Kier molecular flexibility index (Phi) is 21.1. The van der Waals surface area contributed by atoms with Crippen LogP contribution in [0.3, 0.4) is 0 Å². The monoisotopic (exact) mass is 750 g/mol. The van der Waals surface area contributed by atoms with Crippen LogP contribution in [0.2, 0.25) is 0 Å². The van der Waals surface area contributed by atoms with Gasteiger partial charge < -0.3 is 44.8 Å². The van der Waals surface area contributed by atoms with Crippen LogP contribution >= 0.6 is 0 Å². The quantitative estimate of drug-likeness (QED) is 0.0591. The fourth-order valence-electron chi connectivity index (χ4n) is 4.14. The highest BCUT2D eigenvalue weighted by atomic mass is 19.1. The van der Waals surface area contributed by atoms with Crippen LogP contribution in [0.5, 0.6) is 34.5 Å². The predicted molar refractivity (Wildman–Crippen MR) is 203 cm³/mol. The van der Waals surface area contributed by atoms with Gasteiger partial charge in [0.25, 0.3) is 0 Å². The van der Waals surface area contributed by atoms with Crippen LogP contribution < -0.4 is 44.8 Å². The summed E-state index contributed by atoms with van der Waals surface area (Å²) in [4.78, 5) is 31.8. The molecule has 0 radical (unpaired) electrons. The second-order valence-corrected chi connectivity index (χ2v) is 9.84. The van der Waals surface area contributed by atoms with Gasteiger partial charge in [-0.1, -0.05) is 14.9 Å². The van der Waals surface area contributed by atoms with Gasteiger partial charge in [0.2, 0.25) is 17.5 Å². The molecule has 0 spiro atoms. The van der Waals surface area contributed by atoms with Gasteiger partial charge in [-0.25, -0.2) is 33.1 Å². The summed E-state index contributed by atoms with van der Waals surface area (Å²) in [6.07, 6.45) is 1.48. The van der Waals surface area contributed by atoms with Crippen molar-refractivity contribution in [3.05, 3.63) is 106 Å². The Hall–Kier alpha value is -7.03. The third-order valence-corrected chi connectivity index (χ3v) is 6.80. The van der Waals surface area contributed by atoms with Gasteiger partial charge in [0.1, 0.15) is 23.0 Å². The maximum Gasteiger partial charge on any atom is 0.318 e. The Morgan fingerprint density at radius 3 is 1.69 bits per heavy atom.